The van der Waals surface area contributed by atoms with Crippen LogP contribution in [-0.4, -0.2) is 21.9 Å². The summed E-state index contributed by atoms with van der Waals surface area (Å²) in [6.45, 7) is 3.14. The van der Waals surface area contributed by atoms with Gasteiger partial charge in [-0.2, -0.15) is 4.37 Å². The fourth-order valence-electron chi connectivity index (χ4n) is 2.40. The van der Waals surface area contributed by atoms with Crippen molar-refractivity contribution in [2.75, 3.05) is 11.9 Å². The van der Waals surface area contributed by atoms with Crippen molar-refractivity contribution < 1.29 is 0 Å². The molecule has 1 aromatic rings. The first-order valence-corrected chi connectivity index (χ1v) is 7.37. The van der Waals surface area contributed by atoms with Gasteiger partial charge in [-0.15, -0.1) is 0 Å². The van der Waals surface area contributed by atoms with Crippen LogP contribution in [0.15, 0.2) is 0 Å². The second-order valence-corrected chi connectivity index (χ2v) is 5.69. The van der Waals surface area contributed by atoms with Crippen molar-refractivity contribution >= 4 is 16.7 Å². The molecule has 2 rings (SSSR count). The van der Waals surface area contributed by atoms with E-state index in [1.165, 1.54) is 30.8 Å². The number of aromatic nitrogens is 2. The van der Waals surface area contributed by atoms with Crippen molar-refractivity contribution in [2.45, 2.75) is 51.5 Å². The van der Waals surface area contributed by atoms with Crippen LogP contribution in [0.25, 0.3) is 0 Å². The monoisotopic (exact) mass is 254 g/mol. The smallest absolute Gasteiger partial charge is 0.202 e. The van der Waals surface area contributed by atoms with E-state index in [9.17, 15) is 0 Å². The Balaban J connectivity index is 1.76. The van der Waals surface area contributed by atoms with Gasteiger partial charge >= 0.3 is 0 Å². The third kappa shape index (κ3) is 3.92. The second kappa shape index (κ2) is 6.31. The average Bonchev–Trinajstić information content (AvgIpc) is 2.75. The molecule has 1 saturated carbocycles. The standard InChI is InChI=1S/C12H22N4S/c1-2-4-11-15-12(17-16-11)14-8-9-5-3-6-10(13)7-9/h9-10H,2-8,13H2,1H3,(H,14,15,16). The third-order valence-electron chi connectivity index (χ3n) is 3.31. The van der Waals surface area contributed by atoms with Gasteiger partial charge in [0.15, 0.2) is 0 Å². The van der Waals surface area contributed by atoms with E-state index in [-0.39, 0.29) is 0 Å². The van der Waals surface area contributed by atoms with Crippen LogP contribution < -0.4 is 11.1 Å². The summed E-state index contributed by atoms with van der Waals surface area (Å²) < 4.78 is 4.33. The van der Waals surface area contributed by atoms with Crippen LogP contribution in [0, 0.1) is 5.92 Å². The van der Waals surface area contributed by atoms with E-state index in [1.807, 2.05) is 0 Å². The zero-order valence-corrected chi connectivity index (χ0v) is 11.3. The summed E-state index contributed by atoms with van der Waals surface area (Å²) in [7, 11) is 0. The molecule has 0 spiro atoms. The van der Waals surface area contributed by atoms with E-state index in [0.29, 0.717) is 12.0 Å². The highest BCUT2D eigenvalue weighted by atomic mass is 32.1. The minimum Gasteiger partial charge on any atom is -0.360 e. The fourth-order valence-corrected chi connectivity index (χ4v) is 3.02. The van der Waals surface area contributed by atoms with E-state index in [1.54, 1.807) is 0 Å². The summed E-state index contributed by atoms with van der Waals surface area (Å²) in [5, 5.41) is 4.37. The van der Waals surface area contributed by atoms with Crippen LogP contribution in [0.3, 0.4) is 0 Å². The highest BCUT2D eigenvalue weighted by Gasteiger charge is 2.19. The minimum absolute atomic E-state index is 0.403. The van der Waals surface area contributed by atoms with Gasteiger partial charge in [-0.25, -0.2) is 4.98 Å². The molecule has 0 aromatic carbocycles. The molecule has 4 nitrogen and oxygen atoms in total. The molecule has 0 amide bonds. The van der Waals surface area contributed by atoms with Crippen LogP contribution >= 0.6 is 11.5 Å². The van der Waals surface area contributed by atoms with E-state index in [0.717, 1.165) is 36.8 Å². The lowest BCUT2D eigenvalue weighted by molar-refractivity contribution is 0.335. The molecule has 0 bridgehead atoms. The molecule has 1 aliphatic rings. The Morgan fingerprint density at radius 2 is 2.35 bits per heavy atom. The molecule has 5 heteroatoms. The maximum absolute atomic E-state index is 5.98. The van der Waals surface area contributed by atoms with Crippen LogP contribution in [-0.2, 0) is 6.42 Å². The lowest BCUT2D eigenvalue weighted by atomic mass is 9.86. The highest BCUT2D eigenvalue weighted by Crippen LogP contribution is 2.23. The van der Waals surface area contributed by atoms with E-state index in [4.69, 9.17) is 5.73 Å². The molecule has 1 aromatic heterocycles. The van der Waals surface area contributed by atoms with E-state index in [2.05, 4.69) is 21.6 Å². The zero-order valence-electron chi connectivity index (χ0n) is 10.5. The Morgan fingerprint density at radius 1 is 1.47 bits per heavy atom. The van der Waals surface area contributed by atoms with Gasteiger partial charge in [0.25, 0.3) is 0 Å². The predicted octanol–water partition coefficient (Wildman–Crippen LogP) is 2.42. The Bertz CT molecular complexity index is 339. The molecule has 0 saturated heterocycles. The quantitative estimate of drug-likeness (QED) is 0.847. The Morgan fingerprint density at radius 3 is 3.12 bits per heavy atom. The molecule has 3 N–H and O–H groups in total. The van der Waals surface area contributed by atoms with Gasteiger partial charge in [0, 0.05) is 30.5 Å². The third-order valence-corrected chi connectivity index (χ3v) is 4.02. The Kier molecular flexibility index (Phi) is 4.74. The number of nitrogens with two attached hydrogens (primary N) is 1. The maximum Gasteiger partial charge on any atom is 0.202 e. The largest absolute Gasteiger partial charge is 0.360 e. The lowest BCUT2D eigenvalue weighted by Crippen LogP contribution is -2.30. The number of hydrogen-bond donors (Lipinski definition) is 2. The maximum atomic E-state index is 5.98. The fraction of sp³-hybridized carbons (Fsp3) is 0.833. The SMILES string of the molecule is CCCc1nsc(NCC2CCCC(N)C2)n1. The molecule has 1 fully saturated rings. The van der Waals surface area contributed by atoms with Crippen molar-refractivity contribution in [1.29, 1.82) is 0 Å². The van der Waals surface area contributed by atoms with Crippen LogP contribution in [0.4, 0.5) is 5.13 Å². The predicted molar refractivity (Wildman–Crippen MR) is 72.3 cm³/mol. The molecule has 2 atom stereocenters. The van der Waals surface area contributed by atoms with Crippen molar-refractivity contribution in [1.82, 2.24) is 9.36 Å². The number of rotatable bonds is 5. The van der Waals surface area contributed by atoms with Crippen LogP contribution in [0.2, 0.25) is 0 Å². The van der Waals surface area contributed by atoms with Gasteiger partial charge in [0.05, 0.1) is 0 Å². The first kappa shape index (κ1) is 12.8. The molecular formula is C12H22N4S. The second-order valence-electron chi connectivity index (χ2n) is 4.94. The van der Waals surface area contributed by atoms with Gasteiger partial charge in [-0.3, -0.25) is 0 Å². The van der Waals surface area contributed by atoms with Gasteiger partial charge < -0.3 is 11.1 Å². The summed E-state index contributed by atoms with van der Waals surface area (Å²) in [6, 6.07) is 0.403. The molecular weight excluding hydrogens is 232 g/mol. The first-order valence-electron chi connectivity index (χ1n) is 6.60. The first-order chi connectivity index (χ1) is 8.28. The van der Waals surface area contributed by atoms with Gasteiger partial charge in [-0.1, -0.05) is 13.3 Å². The Hall–Kier alpha value is -0.680. The van der Waals surface area contributed by atoms with E-state index < -0.39 is 0 Å². The summed E-state index contributed by atoms with van der Waals surface area (Å²) >= 11 is 1.48. The Labute approximate surface area is 107 Å². The number of nitrogens with one attached hydrogen (secondary N) is 1. The molecule has 1 heterocycles. The van der Waals surface area contributed by atoms with Crippen molar-refractivity contribution in [3.8, 4) is 0 Å². The van der Waals surface area contributed by atoms with Crippen molar-refractivity contribution in [2.24, 2.45) is 11.7 Å². The normalized spacial score (nSPS) is 24.8. The van der Waals surface area contributed by atoms with Crippen LogP contribution in [0.5, 0.6) is 0 Å². The molecule has 1 aliphatic carbocycles. The molecule has 0 aliphatic heterocycles. The molecule has 17 heavy (non-hydrogen) atoms. The molecule has 0 radical (unpaired) electrons. The molecule has 96 valence electrons. The number of nitrogens with zero attached hydrogens (tertiary/aromatic N) is 2. The lowest BCUT2D eigenvalue weighted by Gasteiger charge is -2.26. The average molecular weight is 254 g/mol. The number of hydrogen-bond acceptors (Lipinski definition) is 5. The van der Waals surface area contributed by atoms with Crippen LogP contribution in [0.1, 0.15) is 44.9 Å². The summed E-state index contributed by atoms with van der Waals surface area (Å²) in [5.74, 6) is 1.68. The molecule has 2 unspecified atom stereocenters. The number of anilines is 1. The van der Waals surface area contributed by atoms with Gasteiger partial charge in [0.1, 0.15) is 5.82 Å². The topological polar surface area (TPSA) is 63.8 Å². The number of aryl methyl sites for hydroxylation is 1. The van der Waals surface area contributed by atoms with Gasteiger partial charge in [0.2, 0.25) is 5.13 Å². The summed E-state index contributed by atoms with van der Waals surface area (Å²) in [4.78, 5) is 4.47. The van der Waals surface area contributed by atoms with Gasteiger partial charge in [-0.05, 0) is 31.6 Å². The summed E-state index contributed by atoms with van der Waals surface area (Å²) in [6.07, 6.45) is 6.98. The highest BCUT2D eigenvalue weighted by molar-refractivity contribution is 7.09. The minimum atomic E-state index is 0.403. The zero-order chi connectivity index (χ0) is 12.1. The van der Waals surface area contributed by atoms with Crippen molar-refractivity contribution in [3.63, 3.8) is 0 Å². The van der Waals surface area contributed by atoms with E-state index >= 15 is 0 Å². The van der Waals surface area contributed by atoms with Crippen molar-refractivity contribution in [3.05, 3.63) is 5.82 Å². The summed E-state index contributed by atoms with van der Waals surface area (Å²) in [5.41, 5.74) is 5.98.